The van der Waals surface area contributed by atoms with Gasteiger partial charge in [0.15, 0.2) is 0 Å². The third kappa shape index (κ3) is 12.0. The number of hydrogen-bond donors (Lipinski definition) is 2. The summed E-state index contributed by atoms with van der Waals surface area (Å²) < 4.78 is 1.39. The van der Waals surface area contributed by atoms with Gasteiger partial charge in [-0.2, -0.15) is 0 Å². The van der Waals surface area contributed by atoms with E-state index < -0.39 is 11.9 Å². The molecule has 0 unspecified atom stereocenters. The molecule has 0 saturated heterocycles. The molecule has 0 bridgehead atoms. The number of benzene rings is 1. The van der Waals surface area contributed by atoms with Gasteiger partial charge in [-0.05, 0) is 54.5 Å². The van der Waals surface area contributed by atoms with Gasteiger partial charge in [0, 0.05) is 16.4 Å². The first-order valence-corrected chi connectivity index (χ1v) is 7.40. The lowest BCUT2D eigenvalue weighted by atomic mass is 10.1. The summed E-state index contributed by atoms with van der Waals surface area (Å²) in [5.41, 5.74) is 4.13. The van der Waals surface area contributed by atoms with Crippen LogP contribution in [0.4, 0.5) is 0 Å². The van der Waals surface area contributed by atoms with Crippen LogP contribution in [-0.4, -0.2) is 22.2 Å². The van der Waals surface area contributed by atoms with E-state index in [1.54, 1.807) is 13.8 Å². The largest absolute Gasteiger partial charge is 0.481 e. The molecule has 0 fully saturated rings. The van der Waals surface area contributed by atoms with E-state index in [1.165, 1.54) is 20.3 Å². The van der Waals surface area contributed by atoms with Crippen molar-refractivity contribution in [1.82, 2.24) is 0 Å². The Hall–Kier alpha value is -1.11. The second kappa shape index (κ2) is 11.7. The van der Waals surface area contributed by atoms with E-state index >= 15 is 0 Å². The number of rotatable bonds is 2. The molecule has 0 radical (unpaired) electrons. The van der Waals surface area contributed by atoms with Crippen LogP contribution in [-0.2, 0) is 9.59 Å². The summed E-state index contributed by atoms with van der Waals surface area (Å²) >= 11 is 2.39. The summed E-state index contributed by atoms with van der Waals surface area (Å²) in [6.45, 7) is 9.64. The molecule has 0 aromatic heterocycles. The first-order valence-electron chi connectivity index (χ1n) is 6.32. The number of halogens is 1. The predicted molar refractivity (Wildman–Crippen MR) is 89.2 cm³/mol. The van der Waals surface area contributed by atoms with E-state index in [1.807, 2.05) is 0 Å². The number of aliphatic carboxylic acids is 2. The molecule has 0 saturated carbocycles. The lowest BCUT2D eigenvalue weighted by Crippen LogP contribution is -1.86. The Labute approximate surface area is 134 Å². The van der Waals surface area contributed by atoms with Crippen LogP contribution in [0.5, 0.6) is 0 Å². The van der Waals surface area contributed by atoms with Crippen molar-refractivity contribution in [3.8, 4) is 0 Å². The number of carbonyl (C=O) groups is 2. The molecule has 1 aromatic carbocycles. The van der Waals surface area contributed by atoms with E-state index in [9.17, 15) is 9.59 Å². The fraction of sp³-hybridized carbons (Fsp3) is 0.467. The Morgan fingerprint density at radius 1 is 0.950 bits per heavy atom. The van der Waals surface area contributed by atoms with E-state index in [-0.39, 0.29) is 12.8 Å². The van der Waals surface area contributed by atoms with E-state index in [0.29, 0.717) is 0 Å². The first-order chi connectivity index (χ1) is 9.15. The highest BCUT2D eigenvalue weighted by Crippen LogP contribution is 2.17. The van der Waals surface area contributed by atoms with Gasteiger partial charge in [0.1, 0.15) is 0 Å². The second-order valence-corrected chi connectivity index (χ2v) is 5.29. The summed E-state index contributed by atoms with van der Waals surface area (Å²) in [4.78, 5) is 18.7. The lowest BCUT2D eigenvalue weighted by molar-refractivity contribution is -0.137. The molecule has 5 heteroatoms. The average Bonchev–Trinajstić information content (AvgIpc) is 2.37. The quantitative estimate of drug-likeness (QED) is 0.739. The van der Waals surface area contributed by atoms with E-state index in [0.717, 1.165) is 0 Å². The molecule has 0 amide bonds. The smallest absolute Gasteiger partial charge is 0.303 e. The molecule has 0 spiro atoms. The van der Waals surface area contributed by atoms with Gasteiger partial charge in [0.05, 0.1) is 0 Å². The summed E-state index contributed by atoms with van der Waals surface area (Å²) in [6, 6.07) is 4.43. The van der Waals surface area contributed by atoms with Gasteiger partial charge in [0.2, 0.25) is 0 Å². The van der Waals surface area contributed by atoms with Crippen LogP contribution in [0.25, 0.3) is 0 Å². The summed E-state index contributed by atoms with van der Waals surface area (Å²) in [5, 5.41) is 15.4. The molecule has 0 aliphatic rings. The molecule has 0 aliphatic carbocycles. The van der Waals surface area contributed by atoms with Gasteiger partial charge in [-0.1, -0.05) is 31.5 Å². The second-order valence-electron chi connectivity index (χ2n) is 4.21. The average molecular weight is 394 g/mol. The van der Waals surface area contributed by atoms with Crippen LogP contribution in [0.3, 0.4) is 0 Å². The molecule has 1 rings (SSSR count). The van der Waals surface area contributed by atoms with Crippen LogP contribution in [0, 0.1) is 24.3 Å². The monoisotopic (exact) mass is 394 g/mol. The van der Waals surface area contributed by atoms with Crippen molar-refractivity contribution >= 4 is 34.5 Å². The van der Waals surface area contributed by atoms with E-state index in [2.05, 4.69) is 55.5 Å². The third-order valence-electron chi connectivity index (χ3n) is 2.19. The van der Waals surface area contributed by atoms with Crippen LogP contribution in [0.1, 0.15) is 43.4 Å². The molecule has 20 heavy (non-hydrogen) atoms. The van der Waals surface area contributed by atoms with Crippen molar-refractivity contribution in [1.29, 1.82) is 0 Å². The maximum Gasteiger partial charge on any atom is 0.303 e. The van der Waals surface area contributed by atoms with Crippen LogP contribution >= 0.6 is 22.6 Å². The molecule has 114 valence electrons. The van der Waals surface area contributed by atoms with Gasteiger partial charge < -0.3 is 10.2 Å². The molecule has 2 N–H and O–H groups in total. The molecule has 0 heterocycles. The fourth-order valence-electron chi connectivity index (χ4n) is 1.16. The van der Waals surface area contributed by atoms with Gasteiger partial charge in [-0.3, -0.25) is 9.59 Å². The Bertz CT molecular complexity index is 404. The number of aryl methyl sites for hydroxylation is 3. The minimum Gasteiger partial charge on any atom is -0.481 e. The summed E-state index contributed by atoms with van der Waals surface area (Å²) in [7, 11) is 0. The Kier molecular flexibility index (Phi) is 12.4. The van der Waals surface area contributed by atoms with Crippen molar-refractivity contribution in [2.45, 2.75) is 47.5 Å². The highest BCUT2D eigenvalue weighted by atomic mass is 127. The Balaban J connectivity index is 0. The zero-order valence-corrected chi connectivity index (χ0v) is 14.8. The number of carboxylic acids is 2. The van der Waals surface area contributed by atoms with Crippen molar-refractivity contribution in [3.05, 3.63) is 32.4 Å². The third-order valence-corrected chi connectivity index (χ3v) is 3.89. The van der Waals surface area contributed by atoms with Gasteiger partial charge in [0.25, 0.3) is 0 Å². The molecule has 1 aromatic rings. The minimum absolute atomic E-state index is 0.222. The zero-order chi connectivity index (χ0) is 16.3. The Morgan fingerprint density at radius 2 is 1.20 bits per heavy atom. The van der Waals surface area contributed by atoms with Crippen molar-refractivity contribution in [3.63, 3.8) is 0 Å². The normalized spacial score (nSPS) is 8.70. The first kappa shape index (κ1) is 21.2. The minimum atomic E-state index is -0.745. The maximum atomic E-state index is 9.37. The van der Waals surface area contributed by atoms with Crippen molar-refractivity contribution in [2.75, 3.05) is 0 Å². The zero-order valence-electron chi connectivity index (χ0n) is 12.7. The SMILES string of the molecule is CCC(=O)O.CCC(=O)O.Cc1cc(C)c(I)c(C)c1. The predicted octanol–water partition coefficient (Wildman–Crippen LogP) is 4.18. The molecule has 4 nitrogen and oxygen atoms in total. The Morgan fingerprint density at radius 3 is 1.40 bits per heavy atom. The van der Waals surface area contributed by atoms with Gasteiger partial charge >= 0.3 is 11.9 Å². The topological polar surface area (TPSA) is 74.6 Å². The van der Waals surface area contributed by atoms with Crippen LogP contribution < -0.4 is 0 Å². The number of hydrogen-bond acceptors (Lipinski definition) is 2. The highest BCUT2D eigenvalue weighted by molar-refractivity contribution is 14.1. The van der Waals surface area contributed by atoms with Gasteiger partial charge in [-0.15, -0.1) is 0 Å². The van der Waals surface area contributed by atoms with Gasteiger partial charge in [-0.25, -0.2) is 0 Å². The van der Waals surface area contributed by atoms with Crippen molar-refractivity contribution in [2.24, 2.45) is 0 Å². The van der Waals surface area contributed by atoms with Crippen LogP contribution in [0.2, 0.25) is 0 Å². The van der Waals surface area contributed by atoms with E-state index in [4.69, 9.17) is 10.2 Å². The highest BCUT2D eigenvalue weighted by Gasteiger charge is 1.97. The fourth-order valence-corrected chi connectivity index (χ4v) is 1.47. The molecular formula is C15H23IO4. The molecule has 0 aliphatic heterocycles. The number of carboxylic acid groups (broad SMARTS) is 2. The standard InChI is InChI=1S/C9H11I.2C3H6O2/c1-6-4-7(2)9(10)8(3)5-6;2*1-2-3(4)5/h4-5H,1-3H3;2*2H2,1H3,(H,4,5). The molecular weight excluding hydrogens is 371 g/mol. The van der Waals surface area contributed by atoms with Crippen molar-refractivity contribution < 1.29 is 19.8 Å². The molecule has 0 atom stereocenters. The summed E-state index contributed by atoms with van der Waals surface area (Å²) in [6.07, 6.45) is 0.444. The lowest BCUT2D eigenvalue weighted by Gasteiger charge is -2.03. The van der Waals surface area contributed by atoms with Crippen LogP contribution in [0.15, 0.2) is 12.1 Å². The summed E-state index contributed by atoms with van der Waals surface area (Å²) in [5.74, 6) is -1.49. The maximum absolute atomic E-state index is 9.37.